The smallest absolute Gasteiger partial charge is 0.140 e. The van der Waals surface area contributed by atoms with Gasteiger partial charge in [-0.25, -0.2) is 0 Å². The second-order valence-corrected chi connectivity index (χ2v) is 2.61. The lowest BCUT2D eigenvalue weighted by atomic mass is 10.3. The number of rotatable bonds is 6. The van der Waals surface area contributed by atoms with Gasteiger partial charge in [-0.3, -0.25) is 0 Å². The lowest BCUT2D eigenvalue weighted by Gasteiger charge is -2.08. The number of hydrogen-bond donors (Lipinski definition) is 4. The van der Waals surface area contributed by atoms with Crippen LogP contribution in [0.15, 0.2) is 5.16 Å². The number of nitrogens with one attached hydrogen (secondary N) is 1. The molecule has 0 rings (SSSR count). The van der Waals surface area contributed by atoms with Gasteiger partial charge in [-0.2, -0.15) is 0 Å². The molecular weight excluding hydrogens is 158 g/mol. The molecule has 72 valence electrons. The second-order valence-electron chi connectivity index (χ2n) is 2.61. The van der Waals surface area contributed by atoms with Crippen molar-refractivity contribution >= 4 is 5.84 Å². The summed E-state index contributed by atoms with van der Waals surface area (Å²) in [6.45, 7) is 3.08. The molecule has 0 saturated heterocycles. The van der Waals surface area contributed by atoms with Crippen LogP contribution in [0.5, 0.6) is 0 Å². The van der Waals surface area contributed by atoms with Gasteiger partial charge in [0.05, 0.1) is 6.10 Å². The molecule has 0 aromatic heterocycles. The molecular formula is C7H17N3O2. The highest BCUT2D eigenvalue weighted by molar-refractivity contribution is 5.79. The van der Waals surface area contributed by atoms with Gasteiger partial charge in [0.15, 0.2) is 0 Å². The largest absolute Gasteiger partial charge is 0.409 e. The van der Waals surface area contributed by atoms with E-state index in [-0.39, 0.29) is 11.9 Å². The summed E-state index contributed by atoms with van der Waals surface area (Å²) in [4.78, 5) is 0. The average Bonchev–Trinajstić information content (AvgIpc) is 2.11. The quantitative estimate of drug-likeness (QED) is 0.144. The van der Waals surface area contributed by atoms with Gasteiger partial charge < -0.3 is 21.4 Å². The van der Waals surface area contributed by atoms with Crippen molar-refractivity contribution in [2.45, 2.75) is 25.9 Å². The number of aliphatic hydroxyl groups excluding tert-OH is 1. The van der Waals surface area contributed by atoms with Crippen molar-refractivity contribution in [3.05, 3.63) is 0 Å². The molecule has 5 nitrogen and oxygen atoms in total. The number of oxime groups is 1. The summed E-state index contributed by atoms with van der Waals surface area (Å²) in [5.41, 5.74) is 5.22. The molecule has 0 saturated carbocycles. The van der Waals surface area contributed by atoms with E-state index in [2.05, 4.69) is 10.5 Å². The molecule has 0 heterocycles. The van der Waals surface area contributed by atoms with Crippen LogP contribution in [-0.2, 0) is 0 Å². The third kappa shape index (κ3) is 5.94. The molecule has 1 unspecified atom stereocenters. The second kappa shape index (κ2) is 6.87. The molecule has 0 amide bonds. The summed E-state index contributed by atoms with van der Waals surface area (Å²) in [6, 6.07) is 0. The van der Waals surface area contributed by atoms with Crippen LogP contribution in [0.4, 0.5) is 0 Å². The first-order valence-corrected chi connectivity index (χ1v) is 4.05. The first-order valence-electron chi connectivity index (χ1n) is 4.05. The van der Waals surface area contributed by atoms with Crippen LogP contribution in [0.1, 0.15) is 19.8 Å². The fourth-order valence-electron chi connectivity index (χ4n) is 0.679. The van der Waals surface area contributed by atoms with Crippen LogP contribution >= 0.6 is 0 Å². The van der Waals surface area contributed by atoms with Gasteiger partial charge in [-0.1, -0.05) is 12.1 Å². The molecule has 1 atom stereocenters. The number of amidine groups is 1. The SMILES string of the molecule is CCC(O)CNCCC(N)=NO. The van der Waals surface area contributed by atoms with E-state index in [1.807, 2.05) is 6.92 Å². The van der Waals surface area contributed by atoms with Gasteiger partial charge in [0.1, 0.15) is 5.84 Å². The Hall–Kier alpha value is -0.810. The standard InChI is InChI=1S/C7H17N3O2/c1-2-6(11)5-9-4-3-7(8)10-12/h6,9,11-12H,2-5H2,1H3,(H2,8,10). The van der Waals surface area contributed by atoms with E-state index in [1.54, 1.807) is 0 Å². The summed E-state index contributed by atoms with van der Waals surface area (Å²) in [7, 11) is 0. The Balaban J connectivity index is 3.21. The minimum absolute atomic E-state index is 0.202. The topological polar surface area (TPSA) is 90.9 Å². The van der Waals surface area contributed by atoms with Crippen LogP contribution < -0.4 is 11.1 Å². The maximum atomic E-state index is 9.11. The van der Waals surface area contributed by atoms with Gasteiger partial charge in [0, 0.05) is 19.5 Å². The molecule has 0 bridgehead atoms. The van der Waals surface area contributed by atoms with E-state index in [0.717, 1.165) is 6.42 Å². The third-order valence-electron chi connectivity index (χ3n) is 1.54. The minimum atomic E-state index is -0.308. The van der Waals surface area contributed by atoms with Crippen molar-refractivity contribution < 1.29 is 10.3 Å². The highest BCUT2D eigenvalue weighted by atomic mass is 16.4. The predicted molar refractivity (Wildman–Crippen MR) is 47.2 cm³/mol. The Bertz CT molecular complexity index is 139. The maximum absolute atomic E-state index is 9.11. The van der Waals surface area contributed by atoms with Crippen molar-refractivity contribution in [3.63, 3.8) is 0 Å². The zero-order valence-corrected chi connectivity index (χ0v) is 7.32. The van der Waals surface area contributed by atoms with Crippen molar-refractivity contribution in [3.8, 4) is 0 Å². The summed E-state index contributed by atoms with van der Waals surface area (Å²) in [5, 5.41) is 23.1. The molecule has 0 aliphatic heterocycles. The van der Waals surface area contributed by atoms with Crippen LogP contribution in [0.3, 0.4) is 0 Å². The minimum Gasteiger partial charge on any atom is -0.409 e. The van der Waals surface area contributed by atoms with E-state index in [1.165, 1.54) is 0 Å². The molecule has 0 aliphatic rings. The van der Waals surface area contributed by atoms with E-state index in [4.69, 9.17) is 16.0 Å². The van der Waals surface area contributed by atoms with E-state index in [0.29, 0.717) is 19.5 Å². The van der Waals surface area contributed by atoms with Crippen LogP contribution in [-0.4, -0.2) is 35.3 Å². The molecule has 0 spiro atoms. The lowest BCUT2D eigenvalue weighted by molar-refractivity contribution is 0.168. The van der Waals surface area contributed by atoms with Gasteiger partial charge in [-0.05, 0) is 6.42 Å². The molecule has 0 radical (unpaired) electrons. The summed E-state index contributed by atoms with van der Waals surface area (Å²) in [6.07, 6.45) is 0.918. The fraction of sp³-hybridized carbons (Fsp3) is 0.857. The number of hydrogen-bond acceptors (Lipinski definition) is 4. The van der Waals surface area contributed by atoms with Gasteiger partial charge in [-0.15, -0.1) is 0 Å². The number of nitrogens with two attached hydrogens (primary N) is 1. The Labute approximate surface area is 72.3 Å². The van der Waals surface area contributed by atoms with Crippen molar-refractivity contribution in [1.82, 2.24) is 5.32 Å². The molecule has 0 aromatic carbocycles. The molecule has 5 heteroatoms. The van der Waals surface area contributed by atoms with Crippen molar-refractivity contribution in [1.29, 1.82) is 0 Å². The molecule has 0 aromatic rings. The third-order valence-corrected chi connectivity index (χ3v) is 1.54. The summed E-state index contributed by atoms with van der Waals surface area (Å²) in [5.74, 6) is 0.202. The number of nitrogens with zero attached hydrogens (tertiary/aromatic N) is 1. The van der Waals surface area contributed by atoms with Gasteiger partial charge in [0.2, 0.25) is 0 Å². The number of aliphatic hydroxyl groups is 1. The highest BCUT2D eigenvalue weighted by Gasteiger charge is 1.99. The Kier molecular flexibility index (Phi) is 6.41. The Morgan fingerprint density at radius 3 is 2.83 bits per heavy atom. The van der Waals surface area contributed by atoms with Crippen molar-refractivity contribution in [2.75, 3.05) is 13.1 Å². The lowest BCUT2D eigenvalue weighted by Crippen LogP contribution is -2.29. The molecule has 0 fully saturated rings. The average molecular weight is 175 g/mol. The first kappa shape index (κ1) is 11.2. The Morgan fingerprint density at radius 2 is 2.33 bits per heavy atom. The summed E-state index contributed by atoms with van der Waals surface area (Å²) < 4.78 is 0. The van der Waals surface area contributed by atoms with Gasteiger partial charge in [0.25, 0.3) is 0 Å². The zero-order valence-electron chi connectivity index (χ0n) is 7.32. The predicted octanol–water partition coefficient (Wildman–Crippen LogP) is -0.517. The molecule has 5 N–H and O–H groups in total. The maximum Gasteiger partial charge on any atom is 0.140 e. The fourth-order valence-corrected chi connectivity index (χ4v) is 0.679. The molecule has 0 aliphatic carbocycles. The molecule has 12 heavy (non-hydrogen) atoms. The highest BCUT2D eigenvalue weighted by Crippen LogP contribution is 1.86. The van der Waals surface area contributed by atoms with E-state index in [9.17, 15) is 0 Å². The monoisotopic (exact) mass is 175 g/mol. The first-order chi connectivity index (χ1) is 5.70. The van der Waals surface area contributed by atoms with E-state index < -0.39 is 0 Å². The van der Waals surface area contributed by atoms with Crippen LogP contribution in [0, 0.1) is 0 Å². The van der Waals surface area contributed by atoms with Crippen LogP contribution in [0.2, 0.25) is 0 Å². The normalized spacial score (nSPS) is 14.7. The summed E-state index contributed by atoms with van der Waals surface area (Å²) >= 11 is 0. The Morgan fingerprint density at radius 1 is 1.67 bits per heavy atom. The van der Waals surface area contributed by atoms with Crippen molar-refractivity contribution in [2.24, 2.45) is 10.9 Å². The van der Waals surface area contributed by atoms with Crippen LogP contribution in [0.25, 0.3) is 0 Å². The van der Waals surface area contributed by atoms with E-state index >= 15 is 0 Å². The zero-order chi connectivity index (χ0) is 9.40. The van der Waals surface area contributed by atoms with Gasteiger partial charge >= 0.3 is 0 Å².